The van der Waals surface area contributed by atoms with E-state index in [2.05, 4.69) is 40.5 Å². The zero-order valence-corrected chi connectivity index (χ0v) is 14.8. The number of nitrogens with one attached hydrogen (secondary N) is 1. The van der Waals surface area contributed by atoms with Gasteiger partial charge in [0.1, 0.15) is 17.7 Å². The number of aromatic nitrogens is 4. The van der Waals surface area contributed by atoms with E-state index in [1.54, 1.807) is 4.68 Å². The number of anilines is 1. The highest BCUT2D eigenvalue weighted by Gasteiger charge is 2.09. The van der Waals surface area contributed by atoms with Crippen LogP contribution in [0.25, 0.3) is 5.82 Å². The Morgan fingerprint density at radius 3 is 2.64 bits per heavy atom. The number of benzene rings is 1. The Morgan fingerprint density at radius 1 is 1.12 bits per heavy atom. The number of aryl methyl sites for hydroxylation is 2. The number of rotatable bonds is 7. The third kappa shape index (κ3) is 4.56. The quantitative estimate of drug-likeness (QED) is 0.714. The Hall–Kier alpha value is -2.89. The van der Waals surface area contributed by atoms with Gasteiger partial charge in [0.25, 0.3) is 0 Å². The summed E-state index contributed by atoms with van der Waals surface area (Å²) in [6.45, 7) is 6.78. The summed E-state index contributed by atoms with van der Waals surface area (Å²) in [7, 11) is 0. The molecule has 2 aromatic heterocycles. The molecule has 130 valence electrons. The van der Waals surface area contributed by atoms with Crippen molar-refractivity contribution < 1.29 is 4.74 Å². The smallest absolute Gasteiger partial charge is 0.175 e. The van der Waals surface area contributed by atoms with Crippen LogP contribution in [0.5, 0.6) is 5.75 Å². The molecule has 0 radical (unpaired) electrons. The van der Waals surface area contributed by atoms with Crippen molar-refractivity contribution in [1.82, 2.24) is 20.0 Å². The van der Waals surface area contributed by atoms with Crippen LogP contribution in [0.2, 0.25) is 0 Å². The third-order valence-corrected chi connectivity index (χ3v) is 3.87. The molecule has 6 nitrogen and oxygen atoms in total. The van der Waals surface area contributed by atoms with Gasteiger partial charge in [-0.3, -0.25) is 0 Å². The van der Waals surface area contributed by atoms with Crippen molar-refractivity contribution in [3.63, 3.8) is 0 Å². The van der Waals surface area contributed by atoms with E-state index in [1.807, 2.05) is 49.5 Å². The molecule has 1 atom stereocenters. The van der Waals surface area contributed by atoms with E-state index >= 15 is 0 Å². The van der Waals surface area contributed by atoms with Gasteiger partial charge in [0, 0.05) is 6.20 Å². The fourth-order valence-corrected chi connectivity index (χ4v) is 2.45. The molecule has 0 spiro atoms. The highest BCUT2D eigenvalue weighted by atomic mass is 16.5. The Morgan fingerprint density at radius 2 is 2.00 bits per heavy atom. The van der Waals surface area contributed by atoms with Crippen molar-refractivity contribution in [3.8, 4) is 11.6 Å². The van der Waals surface area contributed by atoms with Crippen LogP contribution >= 0.6 is 0 Å². The first-order valence-corrected chi connectivity index (χ1v) is 8.47. The molecule has 0 fully saturated rings. The summed E-state index contributed by atoms with van der Waals surface area (Å²) in [5.74, 6) is 2.31. The van der Waals surface area contributed by atoms with Gasteiger partial charge in [-0.05, 0) is 56.2 Å². The Bertz CT molecular complexity index is 813. The predicted octanol–water partition coefficient (Wildman–Crippen LogP) is 3.55. The van der Waals surface area contributed by atoms with Crippen LogP contribution in [0, 0.1) is 13.8 Å². The normalized spacial score (nSPS) is 12.0. The standard InChI is InChI=1S/C19H23N5O/c1-4-16(25-17-7-5-6-14(2)12-17)13-20-18-8-9-19(22-21-18)24-11-10-15(3)23-24/h5-12,16H,4,13H2,1-3H3,(H,20,21). The monoisotopic (exact) mass is 337 g/mol. The molecular formula is C19H23N5O. The van der Waals surface area contributed by atoms with Crippen molar-refractivity contribution >= 4 is 5.82 Å². The number of nitrogens with zero attached hydrogens (tertiary/aromatic N) is 4. The second-order valence-electron chi connectivity index (χ2n) is 6.02. The highest BCUT2D eigenvalue weighted by Crippen LogP contribution is 2.16. The van der Waals surface area contributed by atoms with Gasteiger partial charge in [-0.25, -0.2) is 4.68 Å². The van der Waals surface area contributed by atoms with Gasteiger partial charge in [0.2, 0.25) is 0 Å². The maximum atomic E-state index is 6.04. The zero-order valence-electron chi connectivity index (χ0n) is 14.8. The SMILES string of the molecule is CCC(CNc1ccc(-n2ccc(C)n2)nn1)Oc1cccc(C)c1. The lowest BCUT2D eigenvalue weighted by molar-refractivity contribution is 0.210. The maximum Gasteiger partial charge on any atom is 0.175 e. The van der Waals surface area contributed by atoms with Gasteiger partial charge in [-0.1, -0.05) is 19.1 Å². The lowest BCUT2D eigenvalue weighted by Crippen LogP contribution is -2.25. The average molecular weight is 337 g/mol. The summed E-state index contributed by atoms with van der Waals surface area (Å²) in [6, 6.07) is 13.8. The molecule has 3 rings (SSSR count). The zero-order chi connectivity index (χ0) is 17.6. The van der Waals surface area contributed by atoms with Crippen molar-refractivity contribution in [1.29, 1.82) is 0 Å². The minimum absolute atomic E-state index is 0.0667. The van der Waals surface area contributed by atoms with Gasteiger partial charge in [0.05, 0.1) is 12.2 Å². The summed E-state index contributed by atoms with van der Waals surface area (Å²) in [5, 5.41) is 16.0. The predicted molar refractivity (Wildman–Crippen MR) is 98.3 cm³/mol. The molecule has 25 heavy (non-hydrogen) atoms. The van der Waals surface area contributed by atoms with Crippen LogP contribution in [0.4, 0.5) is 5.82 Å². The average Bonchev–Trinajstić information content (AvgIpc) is 3.05. The largest absolute Gasteiger partial charge is 0.489 e. The first-order chi connectivity index (χ1) is 12.1. The summed E-state index contributed by atoms with van der Waals surface area (Å²) in [5.41, 5.74) is 2.14. The van der Waals surface area contributed by atoms with Crippen LogP contribution < -0.4 is 10.1 Å². The third-order valence-electron chi connectivity index (χ3n) is 3.87. The summed E-state index contributed by atoms with van der Waals surface area (Å²) >= 11 is 0. The number of hydrogen-bond acceptors (Lipinski definition) is 5. The van der Waals surface area contributed by atoms with Gasteiger partial charge in [-0.15, -0.1) is 10.2 Å². The van der Waals surface area contributed by atoms with E-state index in [0.717, 1.165) is 23.7 Å². The van der Waals surface area contributed by atoms with Gasteiger partial charge in [0.15, 0.2) is 5.82 Å². The Labute approximate surface area is 147 Å². The fourth-order valence-electron chi connectivity index (χ4n) is 2.45. The lowest BCUT2D eigenvalue weighted by Gasteiger charge is -2.18. The van der Waals surface area contributed by atoms with Crippen LogP contribution in [0.15, 0.2) is 48.7 Å². The van der Waals surface area contributed by atoms with Crippen LogP contribution in [-0.4, -0.2) is 32.6 Å². The second-order valence-corrected chi connectivity index (χ2v) is 6.02. The van der Waals surface area contributed by atoms with Crippen molar-refractivity contribution in [2.45, 2.75) is 33.3 Å². The molecule has 0 bridgehead atoms. The van der Waals surface area contributed by atoms with Gasteiger partial charge in [-0.2, -0.15) is 5.10 Å². The molecule has 1 unspecified atom stereocenters. The van der Waals surface area contributed by atoms with E-state index in [-0.39, 0.29) is 6.10 Å². The Balaban J connectivity index is 1.58. The molecule has 1 N–H and O–H groups in total. The molecule has 3 aromatic rings. The topological polar surface area (TPSA) is 64.9 Å². The van der Waals surface area contributed by atoms with Crippen LogP contribution in [0.1, 0.15) is 24.6 Å². The van der Waals surface area contributed by atoms with E-state index in [1.165, 1.54) is 5.56 Å². The van der Waals surface area contributed by atoms with E-state index in [4.69, 9.17) is 4.74 Å². The first-order valence-electron chi connectivity index (χ1n) is 8.47. The molecular weight excluding hydrogens is 314 g/mol. The lowest BCUT2D eigenvalue weighted by atomic mass is 10.2. The molecule has 0 aliphatic rings. The van der Waals surface area contributed by atoms with Gasteiger partial charge < -0.3 is 10.1 Å². The molecule has 6 heteroatoms. The molecule has 2 heterocycles. The van der Waals surface area contributed by atoms with Gasteiger partial charge >= 0.3 is 0 Å². The van der Waals surface area contributed by atoms with Crippen LogP contribution in [-0.2, 0) is 0 Å². The van der Waals surface area contributed by atoms with E-state index in [0.29, 0.717) is 12.4 Å². The Kier molecular flexibility index (Phi) is 5.28. The summed E-state index contributed by atoms with van der Waals surface area (Å²) in [4.78, 5) is 0. The highest BCUT2D eigenvalue weighted by molar-refractivity contribution is 5.36. The van der Waals surface area contributed by atoms with Crippen molar-refractivity contribution in [3.05, 3.63) is 59.9 Å². The minimum atomic E-state index is 0.0667. The molecule has 0 amide bonds. The van der Waals surface area contributed by atoms with Crippen molar-refractivity contribution in [2.24, 2.45) is 0 Å². The van der Waals surface area contributed by atoms with Crippen LogP contribution in [0.3, 0.4) is 0 Å². The number of ether oxygens (including phenoxy) is 1. The molecule has 1 aromatic carbocycles. The minimum Gasteiger partial charge on any atom is -0.489 e. The van der Waals surface area contributed by atoms with E-state index in [9.17, 15) is 0 Å². The second kappa shape index (κ2) is 7.79. The first kappa shape index (κ1) is 17.0. The summed E-state index contributed by atoms with van der Waals surface area (Å²) in [6.07, 6.45) is 2.84. The molecule has 0 saturated heterocycles. The summed E-state index contributed by atoms with van der Waals surface area (Å²) < 4.78 is 7.75. The molecule has 0 saturated carbocycles. The molecule has 0 aliphatic heterocycles. The van der Waals surface area contributed by atoms with Crippen molar-refractivity contribution in [2.75, 3.05) is 11.9 Å². The molecule has 0 aliphatic carbocycles. The fraction of sp³-hybridized carbons (Fsp3) is 0.316. The maximum absolute atomic E-state index is 6.04. The van der Waals surface area contributed by atoms with E-state index < -0.39 is 0 Å². The number of hydrogen-bond donors (Lipinski definition) is 1.